The zero-order chi connectivity index (χ0) is 28.9. The molecule has 2 saturated heterocycles. The first-order chi connectivity index (χ1) is 19.9. The van der Waals surface area contributed by atoms with Crippen molar-refractivity contribution in [2.45, 2.75) is 70.0 Å². The molecule has 4 atom stereocenters. The minimum Gasteiger partial charge on any atom is -0.462 e. The number of likely N-dealkylation sites (tertiary alicyclic amines) is 1. The lowest BCUT2D eigenvalue weighted by Crippen LogP contribution is -2.55. The number of nitrogens with zero attached hydrogens (tertiary/aromatic N) is 6. The van der Waals surface area contributed by atoms with Crippen LogP contribution < -0.4 is 9.64 Å². The van der Waals surface area contributed by atoms with Gasteiger partial charge in [0.2, 0.25) is 5.91 Å². The first-order valence-corrected chi connectivity index (χ1v) is 14.5. The Morgan fingerprint density at radius 2 is 2.10 bits per heavy atom. The van der Waals surface area contributed by atoms with Crippen molar-refractivity contribution in [2.75, 3.05) is 44.7 Å². The lowest BCUT2D eigenvalue weighted by molar-refractivity contribution is -0.128. The quantitative estimate of drug-likeness (QED) is 0.427. The van der Waals surface area contributed by atoms with E-state index in [1.54, 1.807) is 4.90 Å². The van der Waals surface area contributed by atoms with Gasteiger partial charge in [-0.05, 0) is 50.1 Å². The van der Waals surface area contributed by atoms with Gasteiger partial charge in [-0.3, -0.25) is 4.79 Å². The van der Waals surface area contributed by atoms with E-state index in [9.17, 15) is 10.1 Å². The molecule has 3 aliphatic heterocycles. The largest absolute Gasteiger partial charge is 0.462 e. The lowest BCUT2D eigenvalue weighted by atomic mass is 9.93. The molecule has 1 amide bonds. The highest BCUT2D eigenvalue weighted by molar-refractivity contribution is 5.87. The van der Waals surface area contributed by atoms with Crippen LogP contribution >= 0.6 is 0 Å². The molecular weight excluding hydrogens is 523 g/mol. The molecule has 5 rings (SSSR count). The molecule has 0 spiro atoms. The number of nitriles is 1. The molecule has 218 valence electrons. The Kier molecular flexibility index (Phi) is 9.15. The van der Waals surface area contributed by atoms with Gasteiger partial charge in [-0.15, -0.1) is 0 Å². The van der Waals surface area contributed by atoms with E-state index in [-0.39, 0.29) is 30.8 Å². The van der Waals surface area contributed by atoms with Gasteiger partial charge in [-0.1, -0.05) is 37.8 Å². The number of carbonyl (C=O) groups is 1. The second kappa shape index (κ2) is 13.0. The third-order valence-electron chi connectivity index (χ3n) is 8.57. The van der Waals surface area contributed by atoms with Gasteiger partial charge in [0.15, 0.2) is 6.17 Å². The van der Waals surface area contributed by atoms with E-state index in [0.717, 1.165) is 30.5 Å². The first kappa shape index (κ1) is 29.0. The lowest BCUT2D eigenvalue weighted by Gasteiger charge is -2.41. The third kappa shape index (κ3) is 6.21. The van der Waals surface area contributed by atoms with Crippen molar-refractivity contribution in [1.29, 1.82) is 5.26 Å². The van der Waals surface area contributed by atoms with Gasteiger partial charge >= 0.3 is 6.01 Å². The van der Waals surface area contributed by atoms with Crippen molar-refractivity contribution < 1.29 is 18.7 Å². The van der Waals surface area contributed by atoms with Crippen LogP contribution in [-0.2, 0) is 29.0 Å². The summed E-state index contributed by atoms with van der Waals surface area (Å²) in [4.78, 5) is 28.3. The van der Waals surface area contributed by atoms with Crippen LogP contribution in [0.4, 0.5) is 10.2 Å². The molecule has 1 aromatic heterocycles. The number of rotatable bonds is 9. The van der Waals surface area contributed by atoms with Crippen LogP contribution in [0.5, 0.6) is 6.01 Å². The van der Waals surface area contributed by atoms with Gasteiger partial charge in [0.25, 0.3) is 0 Å². The number of piperazine rings is 1. The van der Waals surface area contributed by atoms with Crippen molar-refractivity contribution in [2.24, 2.45) is 0 Å². The average Bonchev–Trinajstić information content (AvgIpc) is 3.41. The van der Waals surface area contributed by atoms with Gasteiger partial charge in [0.1, 0.15) is 12.4 Å². The summed E-state index contributed by atoms with van der Waals surface area (Å²) in [5.74, 6) is 0.532. The molecule has 9 nitrogen and oxygen atoms in total. The normalized spacial score (nSPS) is 24.5. The van der Waals surface area contributed by atoms with Crippen molar-refractivity contribution in [3.63, 3.8) is 0 Å². The van der Waals surface area contributed by atoms with Crippen molar-refractivity contribution in [3.8, 4) is 12.1 Å². The Hall–Kier alpha value is -3.55. The smallest absolute Gasteiger partial charge is 0.318 e. The number of amides is 1. The van der Waals surface area contributed by atoms with Crippen molar-refractivity contribution in [1.82, 2.24) is 19.8 Å². The van der Waals surface area contributed by atoms with Gasteiger partial charge in [0.05, 0.1) is 36.9 Å². The fraction of sp³-hybridized carbons (Fsp3) is 0.548. The monoisotopic (exact) mass is 562 g/mol. The minimum atomic E-state index is -1.27. The first-order valence-electron chi connectivity index (χ1n) is 14.5. The summed E-state index contributed by atoms with van der Waals surface area (Å²) < 4.78 is 27.9. The zero-order valence-electron chi connectivity index (χ0n) is 24.0. The fourth-order valence-electron chi connectivity index (χ4n) is 6.22. The zero-order valence-corrected chi connectivity index (χ0v) is 24.0. The topological polar surface area (TPSA) is 94.8 Å². The van der Waals surface area contributed by atoms with E-state index in [2.05, 4.69) is 29.5 Å². The molecule has 3 aliphatic rings. The maximum atomic E-state index is 15.7. The highest BCUT2D eigenvalue weighted by atomic mass is 19.1. The van der Waals surface area contributed by atoms with E-state index >= 15 is 4.39 Å². The Bertz CT molecular complexity index is 1300. The van der Waals surface area contributed by atoms with Crippen LogP contribution in [0.15, 0.2) is 36.9 Å². The van der Waals surface area contributed by atoms with E-state index in [0.29, 0.717) is 62.4 Å². The standard InChI is InChI=1S/C31H39FN6O3/c1-4-24-26(17-27-29(32)25-11-7-6-9-21(25)19-40-27)34-31(41-20-23-10-8-14-36(23)3)35-30(24)37-15-16-38(28(39)5-2)22(18-37)12-13-33/h5-7,9,11,22-23,27,29H,2,4,8,10,12,14-20H2,1,3H3/t22?,23?,27-,29?/m1/s1. The van der Waals surface area contributed by atoms with Crippen LogP contribution in [0, 0.1) is 11.3 Å². The SMILES string of the molecule is C=CC(=O)N1CCN(c2nc(OCC3CCCN3C)nc(C[C@H]3OCc4ccccc4C3F)c2CC)CC1CC#N. The highest BCUT2D eigenvalue weighted by Crippen LogP contribution is 2.36. The minimum absolute atomic E-state index is 0.183. The molecule has 0 N–H and O–H groups in total. The summed E-state index contributed by atoms with van der Waals surface area (Å²) in [6.45, 7) is 8.94. The number of anilines is 1. The molecule has 1 aromatic carbocycles. The van der Waals surface area contributed by atoms with Gasteiger partial charge < -0.3 is 24.2 Å². The number of halogens is 1. The number of aromatic nitrogens is 2. The van der Waals surface area contributed by atoms with Crippen LogP contribution in [0.1, 0.15) is 54.7 Å². The predicted octanol–water partition coefficient (Wildman–Crippen LogP) is 3.78. The van der Waals surface area contributed by atoms with E-state index in [1.807, 2.05) is 31.2 Å². The summed E-state index contributed by atoms with van der Waals surface area (Å²) in [5.41, 5.74) is 3.15. The molecule has 2 fully saturated rings. The van der Waals surface area contributed by atoms with Gasteiger partial charge in [-0.25, -0.2) is 4.39 Å². The predicted molar refractivity (Wildman–Crippen MR) is 153 cm³/mol. The Labute approximate surface area is 241 Å². The Morgan fingerprint density at radius 3 is 2.83 bits per heavy atom. The maximum Gasteiger partial charge on any atom is 0.318 e. The molecule has 0 aliphatic carbocycles. The summed E-state index contributed by atoms with van der Waals surface area (Å²) >= 11 is 0. The van der Waals surface area contributed by atoms with Crippen LogP contribution in [0.3, 0.4) is 0 Å². The molecule has 3 unspecified atom stereocenters. The molecule has 0 bridgehead atoms. The summed E-state index contributed by atoms with van der Waals surface area (Å²) in [5, 5.41) is 9.48. The van der Waals surface area contributed by atoms with E-state index < -0.39 is 12.3 Å². The summed E-state index contributed by atoms with van der Waals surface area (Å²) in [6.07, 6.45) is 2.64. The summed E-state index contributed by atoms with van der Waals surface area (Å²) in [6, 6.07) is 9.95. The van der Waals surface area contributed by atoms with E-state index in [4.69, 9.17) is 19.4 Å². The maximum absolute atomic E-state index is 15.7. The average molecular weight is 563 g/mol. The Morgan fingerprint density at radius 1 is 1.27 bits per heavy atom. The molecule has 10 heteroatoms. The second-order valence-corrected chi connectivity index (χ2v) is 11.0. The van der Waals surface area contributed by atoms with Gasteiger partial charge in [-0.2, -0.15) is 15.2 Å². The Balaban J connectivity index is 1.46. The molecule has 0 saturated carbocycles. The second-order valence-electron chi connectivity index (χ2n) is 11.0. The highest BCUT2D eigenvalue weighted by Gasteiger charge is 2.35. The number of benzene rings is 1. The number of fused-ring (bicyclic) bond motifs is 1. The third-order valence-corrected chi connectivity index (χ3v) is 8.57. The molecular formula is C31H39FN6O3. The van der Waals surface area contributed by atoms with Crippen LogP contribution in [-0.4, -0.2) is 83.7 Å². The van der Waals surface area contributed by atoms with Crippen LogP contribution in [0.25, 0.3) is 0 Å². The molecule has 41 heavy (non-hydrogen) atoms. The molecule has 2 aromatic rings. The summed E-state index contributed by atoms with van der Waals surface area (Å²) in [7, 11) is 2.10. The fourth-order valence-corrected chi connectivity index (χ4v) is 6.22. The molecule has 0 radical (unpaired) electrons. The van der Waals surface area contributed by atoms with Crippen molar-refractivity contribution in [3.05, 3.63) is 59.3 Å². The number of alkyl halides is 1. The van der Waals surface area contributed by atoms with Gasteiger partial charge in [0, 0.05) is 37.7 Å². The van der Waals surface area contributed by atoms with Crippen LogP contribution in [0.2, 0.25) is 0 Å². The van der Waals surface area contributed by atoms with E-state index in [1.165, 1.54) is 6.08 Å². The number of hydrogen-bond acceptors (Lipinski definition) is 8. The number of likely N-dealkylation sites (N-methyl/N-ethyl adjacent to an activating group) is 1. The number of carbonyl (C=O) groups excluding carboxylic acids is 1. The number of ether oxygens (including phenoxy) is 2. The number of hydrogen-bond donors (Lipinski definition) is 0. The molecule has 4 heterocycles. The van der Waals surface area contributed by atoms with Crippen molar-refractivity contribution >= 4 is 11.7 Å².